The minimum absolute atomic E-state index is 0.117. The molecule has 0 amide bonds. The monoisotopic (exact) mass is 265 g/mol. The Balaban J connectivity index is 2.42. The van der Waals surface area contributed by atoms with Crippen LogP contribution >= 0.6 is 0 Å². The summed E-state index contributed by atoms with van der Waals surface area (Å²) in [6, 6.07) is 6.78. The highest BCUT2D eigenvalue weighted by atomic mass is 16.7. The van der Waals surface area contributed by atoms with Gasteiger partial charge in [0.1, 0.15) is 11.4 Å². The van der Waals surface area contributed by atoms with Crippen LogP contribution in [0.5, 0.6) is 5.75 Å². The van der Waals surface area contributed by atoms with Gasteiger partial charge in [-0.2, -0.15) is 0 Å². The smallest absolute Gasteiger partial charge is 0.390 e. The molecule has 0 saturated carbocycles. The number of aliphatic imine (C=N–C) groups is 1. The third kappa shape index (κ3) is 2.39. The molecule has 1 atom stereocenters. The summed E-state index contributed by atoms with van der Waals surface area (Å²) in [7, 11) is 0. The van der Waals surface area contributed by atoms with Gasteiger partial charge in [0.2, 0.25) is 0 Å². The normalized spacial score (nSPS) is 20.9. The van der Waals surface area contributed by atoms with E-state index in [0.29, 0.717) is 11.4 Å². The maximum atomic E-state index is 11.9. The molecule has 0 aliphatic carbocycles. The summed E-state index contributed by atoms with van der Waals surface area (Å²) in [5.41, 5.74) is 0.486. The van der Waals surface area contributed by atoms with E-state index in [1.165, 1.54) is 0 Å². The molecule has 0 radical (unpaired) electrons. The van der Waals surface area contributed by atoms with Crippen molar-refractivity contribution in [1.82, 2.24) is 0 Å². The van der Waals surface area contributed by atoms with Gasteiger partial charge in [0.25, 0.3) is 5.90 Å². The third-order valence-corrected chi connectivity index (χ3v) is 2.47. The molecule has 1 aromatic rings. The number of benzene rings is 1. The summed E-state index contributed by atoms with van der Waals surface area (Å²) in [4.78, 5) is 16.0. The van der Waals surface area contributed by atoms with E-state index < -0.39 is 11.8 Å². The zero-order valence-electron chi connectivity index (χ0n) is 10.8. The molecule has 6 nitrogen and oxygen atoms in total. The zero-order chi connectivity index (χ0) is 13.9. The molecule has 6 heteroatoms. The van der Waals surface area contributed by atoms with Gasteiger partial charge < -0.3 is 19.3 Å². The van der Waals surface area contributed by atoms with Crippen LogP contribution in [0.1, 0.15) is 13.8 Å². The van der Waals surface area contributed by atoms with E-state index in [2.05, 4.69) is 4.99 Å². The fourth-order valence-corrected chi connectivity index (χ4v) is 1.65. The lowest BCUT2D eigenvalue weighted by molar-refractivity contribution is -0.184. The minimum atomic E-state index is -2.33. The number of hydrogen-bond acceptors (Lipinski definition) is 6. The van der Waals surface area contributed by atoms with Crippen LogP contribution in [0.25, 0.3) is 0 Å². The van der Waals surface area contributed by atoms with Crippen LogP contribution in [0, 0.1) is 0 Å². The van der Waals surface area contributed by atoms with Crippen LogP contribution in [0.2, 0.25) is 0 Å². The van der Waals surface area contributed by atoms with Crippen molar-refractivity contribution in [3.05, 3.63) is 24.3 Å². The molecule has 0 saturated heterocycles. The summed E-state index contributed by atoms with van der Waals surface area (Å²) in [5.74, 6) is -3.20. The number of esters is 1. The summed E-state index contributed by atoms with van der Waals surface area (Å²) in [6.45, 7) is 3.71. The lowest BCUT2D eigenvalue weighted by Gasteiger charge is -2.30. The molecule has 0 aromatic heterocycles. The quantitative estimate of drug-likeness (QED) is 0.836. The maximum absolute atomic E-state index is 11.9. The Morgan fingerprint density at radius 3 is 2.79 bits per heavy atom. The summed E-state index contributed by atoms with van der Waals surface area (Å²) in [6.07, 6.45) is 0. The van der Waals surface area contributed by atoms with Crippen molar-refractivity contribution < 1.29 is 24.1 Å². The summed E-state index contributed by atoms with van der Waals surface area (Å²) in [5, 5.41) is 10.4. The van der Waals surface area contributed by atoms with Crippen LogP contribution in [-0.2, 0) is 14.3 Å². The van der Waals surface area contributed by atoms with E-state index in [-0.39, 0.29) is 19.1 Å². The van der Waals surface area contributed by atoms with Crippen LogP contribution in [0.3, 0.4) is 0 Å². The van der Waals surface area contributed by atoms with Gasteiger partial charge in [0.15, 0.2) is 0 Å². The van der Waals surface area contributed by atoms with Gasteiger partial charge in [-0.25, -0.2) is 9.79 Å². The van der Waals surface area contributed by atoms with Crippen molar-refractivity contribution in [2.24, 2.45) is 4.99 Å². The average Bonchev–Trinajstić information content (AvgIpc) is 2.40. The van der Waals surface area contributed by atoms with Crippen molar-refractivity contribution in [1.29, 1.82) is 0 Å². The molecule has 19 heavy (non-hydrogen) atoms. The van der Waals surface area contributed by atoms with Gasteiger partial charge in [-0.3, -0.25) is 0 Å². The standard InChI is InChI=1S/C13H15NO5/c1-3-17-11-13(16,12(15)18-4-2)19-10-8-6-5-7-9(10)14-11/h5-8,16H,3-4H2,1-2H3. The van der Waals surface area contributed by atoms with E-state index >= 15 is 0 Å². The fourth-order valence-electron chi connectivity index (χ4n) is 1.65. The fraction of sp³-hybridized carbons (Fsp3) is 0.385. The number of ether oxygens (including phenoxy) is 3. The van der Waals surface area contributed by atoms with Crippen LogP contribution in [-0.4, -0.2) is 36.0 Å². The molecule has 2 rings (SSSR count). The Morgan fingerprint density at radius 2 is 2.11 bits per heavy atom. The first-order valence-corrected chi connectivity index (χ1v) is 6.01. The first-order chi connectivity index (χ1) is 9.11. The second-order valence-corrected chi connectivity index (χ2v) is 3.78. The number of nitrogens with zero attached hydrogens (tertiary/aromatic N) is 1. The van der Waals surface area contributed by atoms with Gasteiger partial charge in [-0.05, 0) is 26.0 Å². The molecule has 1 N–H and O–H groups in total. The van der Waals surface area contributed by atoms with Gasteiger partial charge in [-0.1, -0.05) is 12.1 Å². The number of hydrogen-bond donors (Lipinski definition) is 1. The Bertz CT molecular complexity index is 514. The molecular weight excluding hydrogens is 250 g/mol. The predicted molar refractivity (Wildman–Crippen MR) is 67.4 cm³/mol. The van der Waals surface area contributed by atoms with Gasteiger partial charge in [0.05, 0.1) is 13.2 Å². The second kappa shape index (κ2) is 5.27. The Labute approximate surface area is 110 Å². The summed E-state index contributed by atoms with van der Waals surface area (Å²) >= 11 is 0. The highest BCUT2D eigenvalue weighted by Crippen LogP contribution is 2.35. The molecule has 1 aliphatic rings. The van der Waals surface area contributed by atoms with Crippen molar-refractivity contribution in [2.75, 3.05) is 13.2 Å². The zero-order valence-corrected chi connectivity index (χ0v) is 10.8. The largest absolute Gasteiger partial charge is 0.476 e. The topological polar surface area (TPSA) is 77.4 Å². The lowest BCUT2D eigenvalue weighted by atomic mass is 10.2. The number of carbonyl (C=O) groups excluding carboxylic acids is 1. The Kier molecular flexibility index (Phi) is 3.71. The van der Waals surface area contributed by atoms with Crippen molar-refractivity contribution in [3.8, 4) is 5.75 Å². The first-order valence-electron chi connectivity index (χ1n) is 6.01. The first kappa shape index (κ1) is 13.4. The highest BCUT2D eigenvalue weighted by molar-refractivity contribution is 6.06. The molecule has 102 valence electrons. The Morgan fingerprint density at radius 1 is 1.37 bits per heavy atom. The van der Waals surface area contributed by atoms with E-state index in [1.807, 2.05) is 0 Å². The molecule has 1 heterocycles. The third-order valence-electron chi connectivity index (χ3n) is 2.47. The van der Waals surface area contributed by atoms with Crippen LogP contribution in [0.15, 0.2) is 29.3 Å². The van der Waals surface area contributed by atoms with Crippen molar-refractivity contribution in [2.45, 2.75) is 19.6 Å². The van der Waals surface area contributed by atoms with Crippen molar-refractivity contribution in [3.63, 3.8) is 0 Å². The molecule has 0 fully saturated rings. The lowest BCUT2D eigenvalue weighted by Crippen LogP contribution is -2.54. The molecule has 1 aromatic carbocycles. The highest BCUT2D eigenvalue weighted by Gasteiger charge is 2.51. The number of carbonyl (C=O) groups is 1. The van der Waals surface area contributed by atoms with E-state index in [9.17, 15) is 9.90 Å². The molecule has 0 bridgehead atoms. The van der Waals surface area contributed by atoms with Crippen molar-refractivity contribution >= 4 is 17.6 Å². The molecular formula is C13H15NO5. The van der Waals surface area contributed by atoms with Gasteiger partial charge in [0, 0.05) is 0 Å². The SMILES string of the molecule is CCOC(=O)C1(O)Oc2ccccc2N=C1OCC. The number of para-hydroxylation sites is 2. The molecule has 0 spiro atoms. The minimum Gasteiger partial charge on any atom is -0.476 e. The van der Waals surface area contributed by atoms with Gasteiger partial charge in [-0.15, -0.1) is 0 Å². The van der Waals surface area contributed by atoms with Crippen LogP contribution in [0.4, 0.5) is 5.69 Å². The maximum Gasteiger partial charge on any atom is 0.390 e. The van der Waals surface area contributed by atoms with Gasteiger partial charge >= 0.3 is 11.8 Å². The van der Waals surface area contributed by atoms with E-state index in [0.717, 1.165) is 0 Å². The summed E-state index contributed by atoms with van der Waals surface area (Å²) < 4.78 is 15.3. The Hall–Kier alpha value is -2.08. The number of rotatable bonds is 3. The molecule has 1 unspecified atom stereocenters. The number of aliphatic hydroxyl groups is 1. The average molecular weight is 265 g/mol. The predicted octanol–water partition coefficient (Wildman–Crippen LogP) is 1.40. The number of fused-ring (bicyclic) bond motifs is 1. The van der Waals surface area contributed by atoms with Crippen LogP contribution < -0.4 is 4.74 Å². The second-order valence-electron chi connectivity index (χ2n) is 3.78. The van der Waals surface area contributed by atoms with E-state index in [1.54, 1.807) is 38.1 Å². The van der Waals surface area contributed by atoms with E-state index in [4.69, 9.17) is 14.2 Å². The molecule has 1 aliphatic heterocycles.